The number of unbranched alkanes of at least 4 members (excludes halogenated alkanes) is 1. The second-order valence-corrected chi connectivity index (χ2v) is 1.92. The van der Waals surface area contributed by atoms with Crippen LogP contribution >= 0.6 is 0 Å². The van der Waals surface area contributed by atoms with E-state index in [1.165, 1.54) is 12.8 Å². The zero-order valence-corrected chi connectivity index (χ0v) is 8.00. The van der Waals surface area contributed by atoms with Crippen LogP contribution in [0.15, 0.2) is 0 Å². The van der Waals surface area contributed by atoms with E-state index in [9.17, 15) is 19.8 Å². The summed E-state index contributed by atoms with van der Waals surface area (Å²) in [6, 6.07) is 0. The van der Waals surface area contributed by atoms with Crippen LogP contribution < -0.4 is 10.2 Å². The summed E-state index contributed by atoms with van der Waals surface area (Å²) in [5.74, 6) is -3.25. The van der Waals surface area contributed by atoms with Crippen molar-refractivity contribution < 1.29 is 36.9 Å². The maximum absolute atomic E-state index is 9.28. The van der Waals surface area contributed by atoms with E-state index in [0.29, 0.717) is 0 Å². The van der Waals surface area contributed by atoms with Crippen molar-refractivity contribution in [2.45, 2.75) is 33.1 Å². The quantitative estimate of drug-likeness (QED) is 0.439. The molecule has 0 spiro atoms. The minimum atomic E-state index is -1.63. The van der Waals surface area contributed by atoms with Crippen LogP contribution in [0, 0.1) is 0 Å². The summed E-state index contributed by atoms with van der Waals surface area (Å²) in [4.78, 5) is 18.6. The summed E-state index contributed by atoms with van der Waals surface area (Å²) >= 11 is 0. The van der Waals surface area contributed by atoms with Gasteiger partial charge in [0.25, 0.3) is 0 Å². The van der Waals surface area contributed by atoms with Crippen molar-refractivity contribution in [2.24, 2.45) is 0 Å². The van der Waals surface area contributed by atoms with Gasteiger partial charge in [0, 0.05) is 18.4 Å². The minimum absolute atomic E-state index is 0. The van der Waals surface area contributed by atoms with Crippen LogP contribution in [0.3, 0.4) is 0 Å². The maximum atomic E-state index is 9.28. The smallest absolute Gasteiger partial charge is 0.550 e. The summed E-state index contributed by atoms with van der Waals surface area (Å²) in [5, 5.41) is 18.6. The molecule has 0 amide bonds. The summed E-state index contributed by atoms with van der Waals surface area (Å²) in [6.07, 6.45) is 1.61. The summed E-state index contributed by atoms with van der Waals surface area (Å²) in [6.45, 7) is 4.36. The summed E-state index contributed by atoms with van der Waals surface area (Å²) in [7, 11) is 0. The molecular formula is C7H12CuO4. The standard InChI is InChI=1S/C4H10.C3H4O4.Cu/c1-3-4-2;4-2(5)1-3(6)7;/h3-4H2,1-2H3;1H2,(H,4,5)(H,6,7);/q;;+2/p-2. The van der Waals surface area contributed by atoms with Gasteiger partial charge in [-0.25, -0.2) is 0 Å². The molecule has 0 aromatic heterocycles. The molecule has 0 aromatic carbocycles. The summed E-state index contributed by atoms with van der Waals surface area (Å²) < 4.78 is 0. The fourth-order valence-corrected chi connectivity index (χ4v) is 0.118. The number of carbonyl (C=O) groups is 2. The largest absolute Gasteiger partial charge is 2.00 e. The monoisotopic (exact) mass is 223 g/mol. The fraction of sp³-hybridized carbons (Fsp3) is 0.714. The van der Waals surface area contributed by atoms with Crippen molar-refractivity contribution >= 4 is 11.9 Å². The van der Waals surface area contributed by atoms with Crippen LogP contribution in [-0.4, -0.2) is 11.9 Å². The van der Waals surface area contributed by atoms with Gasteiger partial charge in [-0.2, -0.15) is 0 Å². The van der Waals surface area contributed by atoms with Crippen LogP contribution in [0.4, 0.5) is 0 Å². The van der Waals surface area contributed by atoms with Gasteiger partial charge in [-0.15, -0.1) is 0 Å². The first-order chi connectivity index (χ1) is 5.04. The first-order valence-corrected chi connectivity index (χ1v) is 3.44. The molecule has 0 heterocycles. The number of hydrogen-bond donors (Lipinski definition) is 0. The van der Waals surface area contributed by atoms with Gasteiger partial charge in [0.05, 0.1) is 0 Å². The molecule has 0 aromatic rings. The summed E-state index contributed by atoms with van der Waals surface area (Å²) in [5.41, 5.74) is 0. The molecule has 0 atom stereocenters. The molecular weight excluding hydrogens is 212 g/mol. The van der Waals surface area contributed by atoms with E-state index >= 15 is 0 Å². The number of carboxylic acid groups (broad SMARTS) is 2. The van der Waals surface area contributed by atoms with Gasteiger partial charge in [-0.1, -0.05) is 26.7 Å². The molecule has 0 saturated carbocycles. The zero-order chi connectivity index (χ0) is 9.28. The van der Waals surface area contributed by atoms with E-state index < -0.39 is 18.4 Å². The van der Waals surface area contributed by atoms with E-state index in [1.807, 2.05) is 0 Å². The van der Waals surface area contributed by atoms with Gasteiger partial charge in [-0.05, 0) is 0 Å². The van der Waals surface area contributed by atoms with E-state index in [0.717, 1.165) is 0 Å². The van der Waals surface area contributed by atoms with Crippen molar-refractivity contribution in [3.05, 3.63) is 0 Å². The van der Waals surface area contributed by atoms with Crippen molar-refractivity contribution in [3.63, 3.8) is 0 Å². The van der Waals surface area contributed by atoms with Crippen LogP contribution in [0.25, 0.3) is 0 Å². The first kappa shape index (κ1) is 17.5. The third kappa shape index (κ3) is 34.0. The third-order valence-corrected chi connectivity index (χ3v) is 0.789. The van der Waals surface area contributed by atoms with Gasteiger partial charge in [0.2, 0.25) is 0 Å². The zero-order valence-electron chi connectivity index (χ0n) is 7.06. The fourth-order valence-electron chi connectivity index (χ4n) is 0.118. The molecule has 12 heavy (non-hydrogen) atoms. The Morgan fingerprint density at radius 2 is 1.25 bits per heavy atom. The van der Waals surface area contributed by atoms with E-state index in [-0.39, 0.29) is 17.1 Å². The average molecular weight is 224 g/mol. The Kier molecular flexibility index (Phi) is 19.1. The molecule has 0 rings (SSSR count). The topological polar surface area (TPSA) is 80.3 Å². The minimum Gasteiger partial charge on any atom is -0.550 e. The molecule has 0 saturated heterocycles. The van der Waals surface area contributed by atoms with E-state index in [1.54, 1.807) is 0 Å². The first-order valence-electron chi connectivity index (χ1n) is 3.44. The molecule has 0 aliphatic carbocycles. The Bertz CT molecular complexity index is 111. The number of rotatable bonds is 3. The number of carbonyl (C=O) groups excluding carboxylic acids is 2. The molecule has 1 radical (unpaired) electrons. The molecule has 0 aliphatic heterocycles. The second kappa shape index (κ2) is 13.1. The number of hydrogen-bond acceptors (Lipinski definition) is 4. The van der Waals surface area contributed by atoms with Gasteiger partial charge in [0.15, 0.2) is 0 Å². The van der Waals surface area contributed by atoms with E-state index in [4.69, 9.17) is 0 Å². The van der Waals surface area contributed by atoms with Crippen LogP contribution in [0.2, 0.25) is 0 Å². The normalized spacial score (nSPS) is 7.17. The second-order valence-electron chi connectivity index (χ2n) is 1.92. The Balaban J connectivity index is -0.000000142. The molecule has 5 heteroatoms. The van der Waals surface area contributed by atoms with Crippen LogP contribution in [0.1, 0.15) is 33.1 Å². The van der Waals surface area contributed by atoms with Crippen molar-refractivity contribution in [1.82, 2.24) is 0 Å². The predicted octanol–water partition coefficient (Wildman–Crippen LogP) is -1.32. The average Bonchev–Trinajstić information content (AvgIpc) is 1.85. The molecule has 0 N–H and O–H groups in total. The van der Waals surface area contributed by atoms with Gasteiger partial charge >= 0.3 is 17.1 Å². The molecule has 0 fully saturated rings. The van der Waals surface area contributed by atoms with Crippen LogP contribution in [0.5, 0.6) is 0 Å². The number of carboxylic acids is 2. The SMILES string of the molecule is CCCC.O=C([O-])CC(=O)[O-].[Cu+2]. The van der Waals surface area contributed by atoms with Crippen molar-refractivity contribution in [3.8, 4) is 0 Å². The molecule has 4 nitrogen and oxygen atoms in total. The Hall–Kier alpha value is -0.541. The Morgan fingerprint density at radius 3 is 1.25 bits per heavy atom. The van der Waals surface area contributed by atoms with Crippen molar-refractivity contribution in [1.29, 1.82) is 0 Å². The Labute approximate surface area is 82.4 Å². The molecule has 0 aliphatic rings. The van der Waals surface area contributed by atoms with Gasteiger partial charge in [-0.3, -0.25) is 0 Å². The molecule has 75 valence electrons. The third-order valence-electron chi connectivity index (χ3n) is 0.789. The number of aliphatic carboxylic acids is 2. The molecule has 0 bridgehead atoms. The Morgan fingerprint density at radius 1 is 1.00 bits per heavy atom. The predicted molar refractivity (Wildman–Crippen MR) is 35.2 cm³/mol. The van der Waals surface area contributed by atoms with Crippen molar-refractivity contribution in [2.75, 3.05) is 0 Å². The van der Waals surface area contributed by atoms with Gasteiger partial charge < -0.3 is 19.8 Å². The molecule has 0 unspecified atom stereocenters. The van der Waals surface area contributed by atoms with E-state index in [2.05, 4.69) is 13.8 Å². The van der Waals surface area contributed by atoms with Gasteiger partial charge in [0.1, 0.15) is 0 Å². The maximum Gasteiger partial charge on any atom is 2.00 e. The van der Waals surface area contributed by atoms with Crippen LogP contribution in [-0.2, 0) is 26.7 Å².